The monoisotopic (exact) mass is 234 g/mol. The first-order valence-electron chi connectivity index (χ1n) is 6.27. The third kappa shape index (κ3) is 2.79. The van der Waals surface area contributed by atoms with Gasteiger partial charge in [0, 0.05) is 31.9 Å². The van der Waals surface area contributed by atoms with E-state index in [4.69, 9.17) is 0 Å². The van der Waals surface area contributed by atoms with E-state index in [9.17, 15) is 5.11 Å². The van der Waals surface area contributed by atoms with Crippen molar-refractivity contribution in [2.24, 2.45) is 0 Å². The largest absolute Gasteiger partial charge is 0.394 e. The van der Waals surface area contributed by atoms with Crippen LogP contribution in [-0.4, -0.2) is 31.3 Å². The van der Waals surface area contributed by atoms with Crippen LogP contribution in [0.5, 0.6) is 0 Å². The van der Waals surface area contributed by atoms with E-state index in [1.165, 1.54) is 17.7 Å². The van der Waals surface area contributed by atoms with Crippen LogP contribution in [0.4, 0.5) is 5.69 Å². The number of anilines is 1. The first-order valence-corrected chi connectivity index (χ1v) is 6.27. The summed E-state index contributed by atoms with van der Waals surface area (Å²) in [5, 5.41) is 12.8. The Bertz CT molecular complexity index is 349. The topological polar surface area (TPSA) is 35.5 Å². The molecule has 0 amide bonds. The number of benzene rings is 1. The summed E-state index contributed by atoms with van der Waals surface area (Å²) in [6, 6.07) is 8.55. The lowest BCUT2D eigenvalue weighted by molar-refractivity contribution is 0.0872. The quantitative estimate of drug-likeness (QED) is 0.815. The maximum Gasteiger partial charge on any atom is 0.0613 e. The van der Waals surface area contributed by atoms with E-state index >= 15 is 0 Å². The van der Waals surface area contributed by atoms with Gasteiger partial charge < -0.3 is 15.3 Å². The molecular formula is C14H22N2O. The molecule has 0 aliphatic heterocycles. The third-order valence-corrected chi connectivity index (χ3v) is 3.73. The van der Waals surface area contributed by atoms with Gasteiger partial charge in [0.25, 0.3) is 0 Å². The van der Waals surface area contributed by atoms with E-state index in [-0.39, 0.29) is 12.1 Å². The molecule has 1 fully saturated rings. The average molecular weight is 234 g/mol. The second kappa shape index (κ2) is 5.07. The van der Waals surface area contributed by atoms with Crippen molar-refractivity contribution in [1.82, 2.24) is 5.32 Å². The highest BCUT2D eigenvalue weighted by molar-refractivity contribution is 5.45. The van der Waals surface area contributed by atoms with Crippen molar-refractivity contribution in [1.29, 1.82) is 0 Å². The number of aliphatic hydroxyl groups excluding tert-OH is 1. The molecule has 0 unspecified atom stereocenters. The van der Waals surface area contributed by atoms with Crippen molar-refractivity contribution in [3.8, 4) is 0 Å². The first-order chi connectivity index (χ1) is 8.15. The van der Waals surface area contributed by atoms with Crippen LogP contribution in [0.1, 0.15) is 24.8 Å². The average Bonchev–Trinajstić information content (AvgIpc) is 2.29. The Morgan fingerprint density at radius 2 is 1.88 bits per heavy atom. The Balaban J connectivity index is 1.91. The normalized spacial score (nSPS) is 17.6. The van der Waals surface area contributed by atoms with Crippen LogP contribution in [0.25, 0.3) is 0 Å². The fourth-order valence-electron chi connectivity index (χ4n) is 2.20. The molecule has 0 atom stereocenters. The van der Waals surface area contributed by atoms with Crippen LogP contribution < -0.4 is 10.2 Å². The molecule has 17 heavy (non-hydrogen) atoms. The zero-order valence-electron chi connectivity index (χ0n) is 10.7. The van der Waals surface area contributed by atoms with Crippen molar-refractivity contribution in [3.63, 3.8) is 0 Å². The van der Waals surface area contributed by atoms with Gasteiger partial charge in [0.05, 0.1) is 6.61 Å². The van der Waals surface area contributed by atoms with Crippen LogP contribution in [0, 0.1) is 0 Å². The molecule has 3 heteroatoms. The number of hydrogen-bond donors (Lipinski definition) is 2. The highest BCUT2D eigenvalue weighted by atomic mass is 16.3. The van der Waals surface area contributed by atoms with Crippen LogP contribution in [0.3, 0.4) is 0 Å². The maximum atomic E-state index is 9.36. The lowest BCUT2D eigenvalue weighted by Gasteiger charge is -2.41. The number of hydrogen-bond acceptors (Lipinski definition) is 3. The fraction of sp³-hybridized carbons (Fsp3) is 0.571. The molecule has 1 aliphatic rings. The summed E-state index contributed by atoms with van der Waals surface area (Å²) in [5.74, 6) is 0. The van der Waals surface area contributed by atoms with E-state index in [0.29, 0.717) is 0 Å². The molecule has 94 valence electrons. The number of nitrogens with zero attached hydrogens (tertiary/aromatic N) is 1. The van der Waals surface area contributed by atoms with Gasteiger partial charge in [-0.15, -0.1) is 0 Å². The highest BCUT2D eigenvalue weighted by Gasteiger charge is 2.35. The molecule has 0 spiro atoms. The second-order valence-electron chi connectivity index (χ2n) is 5.21. The Morgan fingerprint density at radius 1 is 1.24 bits per heavy atom. The Labute approximate surface area is 103 Å². The SMILES string of the molecule is CN(C)c1ccc(CNC2(CO)CCC2)cc1. The summed E-state index contributed by atoms with van der Waals surface area (Å²) in [6.07, 6.45) is 3.42. The lowest BCUT2D eigenvalue weighted by Crippen LogP contribution is -2.53. The molecule has 1 aromatic rings. The Hall–Kier alpha value is -1.06. The van der Waals surface area contributed by atoms with Crippen molar-refractivity contribution in [2.45, 2.75) is 31.3 Å². The minimum absolute atomic E-state index is 0.000218. The van der Waals surface area contributed by atoms with Crippen LogP contribution >= 0.6 is 0 Å². The van der Waals surface area contributed by atoms with Gasteiger partial charge in [0.15, 0.2) is 0 Å². The van der Waals surface area contributed by atoms with Gasteiger partial charge >= 0.3 is 0 Å². The van der Waals surface area contributed by atoms with Gasteiger partial charge in [-0.3, -0.25) is 0 Å². The van der Waals surface area contributed by atoms with Crippen LogP contribution in [0.15, 0.2) is 24.3 Å². The Kier molecular flexibility index (Phi) is 3.69. The van der Waals surface area contributed by atoms with Crippen molar-refractivity contribution in [3.05, 3.63) is 29.8 Å². The summed E-state index contributed by atoms with van der Waals surface area (Å²) < 4.78 is 0. The minimum atomic E-state index is 0.000218. The molecule has 1 saturated carbocycles. The van der Waals surface area contributed by atoms with E-state index in [1.807, 2.05) is 14.1 Å². The standard InChI is InChI=1S/C14H22N2O/c1-16(2)13-6-4-12(5-7-13)10-15-14(11-17)8-3-9-14/h4-7,15,17H,3,8-11H2,1-2H3. The van der Waals surface area contributed by atoms with Crippen molar-refractivity contribution in [2.75, 3.05) is 25.6 Å². The van der Waals surface area contributed by atoms with E-state index in [0.717, 1.165) is 19.4 Å². The first kappa shape index (κ1) is 12.4. The molecule has 1 aromatic carbocycles. The van der Waals surface area contributed by atoms with Gasteiger partial charge in [-0.1, -0.05) is 12.1 Å². The van der Waals surface area contributed by atoms with Crippen LogP contribution in [0.2, 0.25) is 0 Å². The van der Waals surface area contributed by atoms with Gasteiger partial charge in [0.1, 0.15) is 0 Å². The third-order valence-electron chi connectivity index (χ3n) is 3.73. The molecule has 2 rings (SSSR count). The summed E-state index contributed by atoms with van der Waals surface area (Å²) in [5.41, 5.74) is 2.49. The molecule has 0 radical (unpaired) electrons. The predicted octanol–water partition coefficient (Wildman–Crippen LogP) is 1.76. The maximum absolute atomic E-state index is 9.36. The van der Waals surface area contributed by atoms with Crippen molar-refractivity contribution >= 4 is 5.69 Å². The smallest absolute Gasteiger partial charge is 0.0613 e. The zero-order chi connectivity index (χ0) is 12.3. The number of nitrogens with one attached hydrogen (secondary N) is 1. The second-order valence-corrected chi connectivity index (χ2v) is 5.21. The van der Waals surface area contributed by atoms with Gasteiger partial charge in [0.2, 0.25) is 0 Å². The molecule has 0 heterocycles. The van der Waals surface area contributed by atoms with E-state index in [2.05, 4.69) is 34.5 Å². The molecular weight excluding hydrogens is 212 g/mol. The van der Waals surface area contributed by atoms with Gasteiger partial charge in [-0.2, -0.15) is 0 Å². The van der Waals surface area contributed by atoms with Gasteiger partial charge in [-0.25, -0.2) is 0 Å². The van der Waals surface area contributed by atoms with E-state index in [1.54, 1.807) is 0 Å². The predicted molar refractivity (Wildman–Crippen MR) is 71.3 cm³/mol. The minimum Gasteiger partial charge on any atom is -0.394 e. The fourth-order valence-corrected chi connectivity index (χ4v) is 2.20. The summed E-state index contributed by atoms with van der Waals surface area (Å²) in [7, 11) is 4.09. The lowest BCUT2D eigenvalue weighted by atomic mass is 9.77. The summed E-state index contributed by atoms with van der Waals surface area (Å²) in [4.78, 5) is 2.10. The number of aliphatic hydroxyl groups is 1. The number of rotatable bonds is 5. The Morgan fingerprint density at radius 3 is 2.29 bits per heavy atom. The van der Waals surface area contributed by atoms with E-state index < -0.39 is 0 Å². The molecule has 1 aliphatic carbocycles. The van der Waals surface area contributed by atoms with Crippen LogP contribution in [-0.2, 0) is 6.54 Å². The molecule has 3 nitrogen and oxygen atoms in total. The highest BCUT2D eigenvalue weighted by Crippen LogP contribution is 2.31. The van der Waals surface area contributed by atoms with Crippen molar-refractivity contribution < 1.29 is 5.11 Å². The van der Waals surface area contributed by atoms with Gasteiger partial charge in [-0.05, 0) is 37.0 Å². The zero-order valence-corrected chi connectivity index (χ0v) is 10.7. The summed E-state index contributed by atoms with van der Waals surface area (Å²) in [6.45, 7) is 1.09. The molecule has 2 N–H and O–H groups in total. The molecule has 0 bridgehead atoms. The molecule has 0 saturated heterocycles. The summed E-state index contributed by atoms with van der Waals surface area (Å²) >= 11 is 0. The molecule has 0 aromatic heterocycles.